The Balaban J connectivity index is 5.91. The molecule has 0 aliphatic heterocycles. The molecule has 0 radical (unpaired) electrons. The van der Waals surface area contributed by atoms with Gasteiger partial charge in [-0.25, -0.2) is 4.79 Å². The Morgan fingerprint density at radius 1 is 0.643 bits per heavy atom. The summed E-state index contributed by atoms with van der Waals surface area (Å²) < 4.78 is 0. The molecule has 42 heavy (non-hydrogen) atoms. The molecule has 0 rings (SSSR count). The number of carboxylic acid groups (broad SMARTS) is 4. The lowest BCUT2D eigenvalue weighted by molar-refractivity contribution is -0.147. The average molecular weight is 622 g/mol. The lowest BCUT2D eigenvalue weighted by Gasteiger charge is -2.27. The molecule has 0 unspecified atom stereocenters. The number of thioether (sulfide) groups is 1. The Morgan fingerprint density at radius 2 is 1.10 bits per heavy atom. The van der Waals surface area contributed by atoms with Crippen LogP contribution in [0.25, 0.3) is 0 Å². The number of rotatable bonds is 21. The van der Waals surface area contributed by atoms with Gasteiger partial charge in [0.15, 0.2) is 0 Å². The van der Waals surface area contributed by atoms with Gasteiger partial charge in [0.1, 0.15) is 24.2 Å². The number of carboxylic acids is 4. The van der Waals surface area contributed by atoms with Crippen molar-refractivity contribution in [1.82, 2.24) is 21.3 Å². The zero-order valence-corrected chi connectivity index (χ0v) is 24.3. The van der Waals surface area contributed by atoms with Crippen molar-refractivity contribution in [3.05, 3.63) is 0 Å². The van der Waals surface area contributed by atoms with Gasteiger partial charge in [-0.2, -0.15) is 11.8 Å². The number of nitrogens with one attached hydrogen (secondary N) is 4. The van der Waals surface area contributed by atoms with Crippen molar-refractivity contribution >= 4 is 59.3 Å². The number of carbonyl (C=O) groups is 8. The van der Waals surface area contributed by atoms with Crippen molar-refractivity contribution < 1.29 is 58.8 Å². The van der Waals surface area contributed by atoms with E-state index >= 15 is 0 Å². The molecule has 0 aromatic carbocycles. The van der Waals surface area contributed by atoms with Crippen molar-refractivity contribution in [1.29, 1.82) is 0 Å². The molecular formula is C24H39N5O12S. The number of carbonyl (C=O) groups excluding carboxylic acids is 4. The molecule has 10 N–H and O–H groups in total. The Labute approximate surface area is 245 Å². The topological polar surface area (TPSA) is 292 Å². The maximum Gasteiger partial charge on any atom is 0.326 e. The molecule has 0 aliphatic carbocycles. The van der Waals surface area contributed by atoms with Crippen LogP contribution >= 0.6 is 11.8 Å². The molecule has 0 aliphatic rings. The molecule has 0 heterocycles. The van der Waals surface area contributed by atoms with Gasteiger partial charge in [0.05, 0.1) is 12.5 Å². The first-order chi connectivity index (χ1) is 19.5. The highest BCUT2D eigenvalue weighted by atomic mass is 32.2. The van der Waals surface area contributed by atoms with E-state index in [0.29, 0.717) is 5.75 Å². The summed E-state index contributed by atoms with van der Waals surface area (Å²) in [6.07, 6.45) is -0.887. The van der Waals surface area contributed by atoms with Crippen LogP contribution in [0.2, 0.25) is 0 Å². The highest BCUT2D eigenvalue weighted by Crippen LogP contribution is 2.08. The molecular weight excluding hydrogens is 582 g/mol. The van der Waals surface area contributed by atoms with Gasteiger partial charge < -0.3 is 47.4 Å². The smallest absolute Gasteiger partial charge is 0.326 e. The van der Waals surface area contributed by atoms with E-state index in [9.17, 15) is 43.5 Å². The summed E-state index contributed by atoms with van der Waals surface area (Å²) in [7, 11) is 0. The van der Waals surface area contributed by atoms with Crippen LogP contribution < -0.4 is 27.0 Å². The van der Waals surface area contributed by atoms with E-state index in [-0.39, 0.29) is 12.8 Å². The highest BCUT2D eigenvalue weighted by Gasteiger charge is 2.33. The quantitative estimate of drug-likeness (QED) is 0.0667. The molecule has 18 heteroatoms. The molecule has 17 nitrogen and oxygen atoms in total. The summed E-state index contributed by atoms with van der Waals surface area (Å²) in [6, 6.07) is -7.27. The van der Waals surface area contributed by atoms with Gasteiger partial charge in [-0.1, -0.05) is 13.8 Å². The summed E-state index contributed by atoms with van der Waals surface area (Å²) in [5.74, 6) is -9.70. The number of nitrogens with two attached hydrogens (primary N) is 1. The zero-order chi connectivity index (χ0) is 32.6. The fraction of sp³-hybridized carbons (Fsp3) is 0.667. The second-order valence-electron chi connectivity index (χ2n) is 9.60. The van der Waals surface area contributed by atoms with E-state index in [2.05, 4.69) is 16.0 Å². The van der Waals surface area contributed by atoms with E-state index in [4.69, 9.17) is 21.1 Å². The Morgan fingerprint density at radius 3 is 1.50 bits per heavy atom. The van der Waals surface area contributed by atoms with E-state index in [1.807, 2.05) is 5.32 Å². The molecule has 0 bridgehead atoms. The van der Waals surface area contributed by atoms with Gasteiger partial charge in [-0.05, 0) is 37.2 Å². The van der Waals surface area contributed by atoms with Crippen molar-refractivity contribution in [3.8, 4) is 0 Å². The van der Waals surface area contributed by atoms with Gasteiger partial charge in [0.2, 0.25) is 23.6 Å². The maximum absolute atomic E-state index is 13.1. The minimum absolute atomic E-state index is 0.262. The van der Waals surface area contributed by atoms with E-state index in [0.717, 1.165) is 0 Å². The molecule has 238 valence electrons. The fourth-order valence-corrected chi connectivity index (χ4v) is 3.91. The van der Waals surface area contributed by atoms with Crippen LogP contribution in [0.15, 0.2) is 0 Å². The second-order valence-corrected chi connectivity index (χ2v) is 10.6. The van der Waals surface area contributed by atoms with E-state index in [1.165, 1.54) is 25.6 Å². The van der Waals surface area contributed by atoms with Gasteiger partial charge >= 0.3 is 23.9 Å². The second kappa shape index (κ2) is 19.2. The molecule has 0 saturated carbocycles. The van der Waals surface area contributed by atoms with Crippen LogP contribution in [0, 0.1) is 5.92 Å². The van der Waals surface area contributed by atoms with Crippen LogP contribution in [0.4, 0.5) is 0 Å². The minimum Gasteiger partial charge on any atom is -0.481 e. The lowest BCUT2D eigenvalue weighted by atomic mass is 10.0. The van der Waals surface area contributed by atoms with Crippen molar-refractivity contribution in [2.75, 3.05) is 12.0 Å². The molecule has 0 spiro atoms. The first-order valence-electron chi connectivity index (χ1n) is 12.8. The highest BCUT2D eigenvalue weighted by molar-refractivity contribution is 7.98. The van der Waals surface area contributed by atoms with Crippen molar-refractivity contribution in [2.24, 2.45) is 11.7 Å². The molecule has 0 aromatic heterocycles. The lowest BCUT2D eigenvalue weighted by Crippen LogP contribution is -2.59. The zero-order valence-electron chi connectivity index (χ0n) is 23.5. The normalized spacial score (nSPS) is 14.4. The summed E-state index contributed by atoms with van der Waals surface area (Å²) in [5.41, 5.74) is 5.82. The van der Waals surface area contributed by atoms with Crippen LogP contribution in [-0.2, 0) is 38.4 Å². The standard InChI is InChI=1S/C24H39N5O12S/c1-11(2)19(23(39)28-15(24(40)41)10-18(34)35)29-22(38)14(5-7-17(32)33)27-21(37)13(4-6-16(30)31)26-20(36)12(25)8-9-42-3/h11-15,19H,4-10,25H2,1-3H3,(H,26,36)(H,27,37)(H,28,39)(H,29,38)(H,30,31)(H,32,33)(H,34,35)(H,40,41)/t12-,13-,14-,15-,19-/m0/s1. The number of hydrogen-bond donors (Lipinski definition) is 9. The first kappa shape index (κ1) is 38.1. The van der Waals surface area contributed by atoms with Crippen LogP contribution in [-0.4, -0.2) is 110 Å². The van der Waals surface area contributed by atoms with Crippen LogP contribution in [0.5, 0.6) is 0 Å². The van der Waals surface area contributed by atoms with E-state index in [1.54, 1.807) is 6.26 Å². The van der Waals surface area contributed by atoms with Crippen molar-refractivity contribution in [2.45, 2.75) is 82.6 Å². The third-order valence-corrected chi connectivity index (χ3v) is 6.41. The summed E-state index contributed by atoms with van der Waals surface area (Å²) in [5, 5.41) is 45.2. The van der Waals surface area contributed by atoms with Crippen molar-refractivity contribution in [3.63, 3.8) is 0 Å². The third kappa shape index (κ3) is 15.2. The van der Waals surface area contributed by atoms with Crippen LogP contribution in [0.1, 0.15) is 52.4 Å². The van der Waals surface area contributed by atoms with E-state index < -0.39 is 109 Å². The number of aliphatic carboxylic acids is 4. The number of amides is 4. The minimum atomic E-state index is -1.81. The molecule has 0 fully saturated rings. The third-order valence-electron chi connectivity index (χ3n) is 5.77. The Kier molecular flexibility index (Phi) is 17.4. The largest absolute Gasteiger partial charge is 0.481 e. The summed E-state index contributed by atoms with van der Waals surface area (Å²) >= 11 is 1.43. The monoisotopic (exact) mass is 621 g/mol. The van der Waals surface area contributed by atoms with Gasteiger partial charge in [-0.15, -0.1) is 0 Å². The Bertz CT molecular complexity index is 1010. The number of hydrogen-bond acceptors (Lipinski definition) is 10. The summed E-state index contributed by atoms with van der Waals surface area (Å²) in [4.78, 5) is 96.1. The molecule has 5 atom stereocenters. The van der Waals surface area contributed by atoms with Gasteiger partial charge in [-0.3, -0.25) is 33.6 Å². The Hall–Kier alpha value is -3.93. The molecule has 4 amide bonds. The first-order valence-corrected chi connectivity index (χ1v) is 14.2. The average Bonchev–Trinajstić information content (AvgIpc) is 2.88. The van der Waals surface area contributed by atoms with Crippen LogP contribution in [0.3, 0.4) is 0 Å². The molecule has 0 saturated heterocycles. The SMILES string of the molecule is CSCC[C@H](N)C(=O)N[C@@H](CCC(=O)O)C(=O)N[C@@H](CCC(=O)O)C(=O)N[C@H](C(=O)N[C@@H](CC(=O)O)C(=O)O)C(C)C. The van der Waals surface area contributed by atoms with Gasteiger partial charge in [0, 0.05) is 12.8 Å². The fourth-order valence-electron chi connectivity index (χ4n) is 3.43. The predicted molar refractivity (Wildman–Crippen MR) is 147 cm³/mol. The summed E-state index contributed by atoms with van der Waals surface area (Å²) in [6.45, 7) is 2.97. The predicted octanol–water partition coefficient (Wildman–Crippen LogP) is -2.05. The maximum atomic E-state index is 13.1. The van der Waals surface area contributed by atoms with Gasteiger partial charge in [0.25, 0.3) is 0 Å². The molecule has 0 aromatic rings.